The summed E-state index contributed by atoms with van der Waals surface area (Å²) in [6.45, 7) is 0.392. The number of hydrogen-bond acceptors (Lipinski definition) is 3. The van der Waals surface area contributed by atoms with Gasteiger partial charge in [-0.2, -0.15) is 0 Å². The van der Waals surface area contributed by atoms with Crippen molar-refractivity contribution in [3.63, 3.8) is 0 Å². The number of nitrogens with zero attached hydrogens (tertiary/aromatic N) is 1. The fourth-order valence-corrected chi connectivity index (χ4v) is 4.25. The molecule has 3 N–H and O–H groups in total. The van der Waals surface area contributed by atoms with E-state index >= 15 is 0 Å². The van der Waals surface area contributed by atoms with Gasteiger partial charge in [-0.05, 0) is 24.1 Å². The van der Waals surface area contributed by atoms with Crippen LogP contribution in [0.3, 0.4) is 0 Å². The van der Waals surface area contributed by atoms with Gasteiger partial charge in [-0.1, -0.05) is 36.4 Å². The summed E-state index contributed by atoms with van der Waals surface area (Å²) in [5.41, 5.74) is 3.86. The van der Waals surface area contributed by atoms with Gasteiger partial charge in [-0.15, -0.1) is 0 Å². The number of aliphatic hydroxyl groups excluding tert-OH is 1. The number of para-hydroxylation sites is 2. The predicted molar refractivity (Wildman–Crippen MR) is 91.8 cm³/mol. The number of amides is 1. The van der Waals surface area contributed by atoms with E-state index in [1.807, 2.05) is 42.5 Å². The molecule has 3 heterocycles. The Balaban J connectivity index is 1.86. The number of aromatic nitrogens is 1. The Morgan fingerprint density at radius 1 is 1.12 bits per heavy atom. The number of aromatic amines is 1. The second kappa shape index (κ2) is 4.69. The number of hydrogen-bond donors (Lipinski definition) is 3. The molecule has 24 heavy (non-hydrogen) atoms. The first-order valence-electron chi connectivity index (χ1n) is 8.15. The molecule has 120 valence electrons. The number of anilines is 1. The van der Waals surface area contributed by atoms with E-state index < -0.39 is 5.54 Å². The van der Waals surface area contributed by atoms with Crippen molar-refractivity contribution in [3.8, 4) is 0 Å². The van der Waals surface area contributed by atoms with Crippen molar-refractivity contribution < 1.29 is 9.90 Å². The second-order valence-corrected chi connectivity index (χ2v) is 6.34. The van der Waals surface area contributed by atoms with Gasteiger partial charge in [-0.3, -0.25) is 15.0 Å². The Hall–Kier alpha value is -2.63. The first-order chi connectivity index (χ1) is 11.8. The van der Waals surface area contributed by atoms with Crippen LogP contribution in [-0.4, -0.2) is 29.3 Å². The van der Waals surface area contributed by atoms with Crippen molar-refractivity contribution >= 4 is 22.5 Å². The summed E-state index contributed by atoms with van der Waals surface area (Å²) in [6, 6.07) is 15.8. The van der Waals surface area contributed by atoms with E-state index in [1.54, 1.807) is 0 Å². The molecule has 2 aliphatic rings. The lowest BCUT2D eigenvalue weighted by atomic mass is 9.82. The molecular formula is C19H17N3O2. The number of fused-ring (bicyclic) bond motifs is 6. The SMILES string of the molecule is O=C1N(CO)c2ccccc2[C@@]12NCCc1c2[nH]c2ccccc12. The van der Waals surface area contributed by atoms with Crippen LogP contribution in [0, 0.1) is 0 Å². The summed E-state index contributed by atoms with van der Waals surface area (Å²) >= 11 is 0. The molecule has 0 bridgehead atoms. The molecule has 2 aromatic carbocycles. The smallest absolute Gasteiger partial charge is 0.260 e. The van der Waals surface area contributed by atoms with Crippen LogP contribution in [0.4, 0.5) is 5.69 Å². The number of rotatable bonds is 1. The van der Waals surface area contributed by atoms with E-state index in [0.717, 1.165) is 28.9 Å². The third-order valence-corrected chi connectivity index (χ3v) is 5.26. The molecule has 1 atom stereocenters. The van der Waals surface area contributed by atoms with Gasteiger partial charge >= 0.3 is 0 Å². The van der Waals surface area contributed by atoms with Crippen molar-refractivity contribution in [1.82, 2.24) is 10.3 Å². The normalized spacial score (nSPS) is 22.2. The van der Waals surface area contributed by atoms with Crippen molar-refractivity contribution in [1.29, 1.82) is 0 Å². The number of aliphatic hydroxyl groups is 1. The number of benzene rings is 2. The standard InChI is InChI=1S/C19H17N3O2/c23-11-22-16-8-4-2-6-14(16)19(18(22)24)17-13(9-10-20-19)12-5-1-3-7-15(12)21-17/h1-8,20-21,23H,9-11H2/t19-/m0/s1. The monoisotopic (exact) mass is 319 g/mol. The van der Waals surface area contributed by atoms with Crippen LogP contribution in [-0.2, 0) is 16.8 Å². The maximum atomic E-state index is 13.3. The van der Waals surface area contributed by atoms with Crippen LogP contribution < -0.4 is 10.2 Å². The summed E-state index contributed by atoms with van der Waals surface area (Å²) in [4.78, 5) is 18.2. The molecule has 0 saturated carbocycles. The van der Waals surface area contributed by atoms with Crippen LogP contribution in [0.15, 0.2) is 48.5 Å². The molecule has 0 saturated heterocycles. The molecule has 0 radical (unpaired) electrons. The van der Waals surface area contributed by atoms with Gasteiger partial charge in [0, 0.05) is 23.0 Å². The molecular weight excluding hydrogens is 302 g/mol. The molecule has 2 aliphatic heterocycles. The van der Waals surface area contributed by atoms with Crippen LogP contribution in [0.5, 0.6) is 0 Å². The Kier molecular flexibility index (Phi) is 2.69. The Labute approximate surface area is 138 Å². The number of nitrogens with one attached hydrogen (secondary N) is 2. The van der Waals surface area contributed by atoms with Crippen LogP contribution in [0.25, 0.3) is 10.9 Å². The third kappa shape index (κ3) is 1.48. The molecule has 5 nitrogen and oxygen atoms in total. The fourth-order valence-electron chi connectivity index (χ4n) is 4.25. The lowest BCUT2D eigenvalue weighted by molar-refractivity contribution is -0.123. The molecule has 5 heteroatoms. The van der Waals surface area contributed by atoms with Gasteiger partial charge in [0.2, 0.25) is 0 Å². The van der Waals surface area contributed by atoms with Crippen LogP contribution in [0.1, 0.15) is 16.8 Å². The van der Waals surface area contributed by atoms with Crippen LogP contribution >= 0.6 is 0 Å². The topological polar surface area (TPSA) is 68.4 Å². The Morgan fingerprint density at radius 2 is 1.92 bits per heavy atom. The van der Waals surface area contributed by atoms with E-state index in [1.165, 1.54) is 15.8 Å². The molecule has 0 unspecified atom stereocenters. The zero-order valence-electron chi connectivity index (χ0n) is 13.0. The molecule has 1 spiro atoms. The highest BCUT2D eigenvalue weighted by atomic mass is 16.3. The lowest BCUT2D eigenvalue weighted by Gasteiger charge is -2.34. The maximum absolute atomic E-state index is 13.3. The fraction of sp³-hybridized carbons (Fsp3) is 0.211. The second-order valence-electron chi connectivity index (χ2n) is 6.34. The minimum absolute atomic E-state index is 0.126. The van der Waals surface area contributed by atoms with Crippen molar-refractivity contribution in [2.45, 2.75) is 12.0 Å². The Bertz CT molecular complexity index is 978. The molecule has 0 fully saturated rings. The molecule has 1 amide bonds. The van der Waals surface area contributed by atoms with Crippen molar-refractivity contribution in [2.24, 2.45) is 0 Å². The molecule has 5 rings (SSSR count). The van der Waals surface area contributed by atoms with Gasteiger partial charge in [-0.25, -0.2) is 0 Å². The average molecular weight is 319 g/mol. The predicted octanol–water partition coefficient (Wildman–Crippen LogP) is 1.85. The van der Waals surface area contributed by atoms with Gasteiger partial charge in [0.25, 0.3) is 5.91 Å². The summed E-state index contributed by atoms with van der Waals surface area (Å²) in [6.07, 6.45) is 0.871. The summed E-state index contributed by atoms with van der Waals surface area (Å²) in [7, 11) is 0. The highest BCUT2D eigenvalue weighted by molar-refractivity contribution is 6.11. The van der Waals surface area contributed by atoms with E-state index in [-0.39, 0.29) is 12.6 Å². The highest BCUT2D eigenvalue weighted by Crippen LogP contribution is 2.47. The average Bonchev–Trinajstić information content (AvgIpc) is 3.11. The summed E-state index contributed by atoms with van der Waals surface area (Å²) in [5.74, 6) is -0.126. The van der Waals surface area contributed by atoms with Crippen molar-refractivity contribution in [3.05, 3.63) is 65.4 Å². The van der Waals surface area contributed by atoms with Crippen molar-refractivity contribution in [2.75, 3.05) is 18.2 Å². The van der Waals surface area contributed by atoms with Gasteiger partial charge < -0.3 is 10.1 Å². The first-order valence-corrected chi connectivity index (χ1v) is 8.15. The van der Waals surface area contributed by atoms with E-state index in [0.29, 0.717) is 6.54 Å². The van der Waals surface area contributed by atoms with Gasteiger partial charge in [0.05, 0.1) is 11.4 Å². The zero-order valence-corrected chi connectivity index (χ0v) is 13.0. The largest absolute Gasteiger partial charge is 0.376 e. The maximum Gasteiger partial charge on any atom is 0.260 e. The van der Waals surface area contributed by atoms with Gasteiger partial charge in [0.15, 0.2) is 5.54 Å². The van der Waals surface area contributed by atoms with Crippen LogP contribution in [0.2, 0.25) is 0 Å². The third-order valence-electron chi connectivity index (χ3n) is 5.26. The molecule has 1 aromatic heterocycles. The lowest BCUT2D eigenvalue weighted by Crippen LogP contribution is -2.55. The highest BCUT2D eigenvalue weighted by Gasteiger charge is 2.55. The minimum atomic E-state index is -0.939. The minimum Gasteiger partial charge on any atom is -0.376 e. The van der Waals surface area contributed by atoms with Gasteiger partial charge in [0.1, 0.15) is 6.73 Å². The summed E-state index contributed by atoms with van der Waals surface area (Å²) < 4.78 is 0. The van der Waals surface area contributed by atoms with E-state index in [9.17, 15) is 9.90 Å². The van der Waals surface area contributed by atoms with E-state index in [2.05, 4.69) is 16.4 Å². The first kappa shape index (κ1) is 13.8. The number of carbonyl (C=O) groups is 1. The Morgan fingerprint density at radius 3 is 2.79 bits per heavy atom. The summed E-state index contributed by atoms with van der Waals surface area (Å²) in [5, 5.41) is 14.4. The molecule has 0 aliphatic carbocycles. The number of carbonyl (C=O) groups excluding carboxylic acids is 1. The number of H-pyrrole nitrogens is 1. The van der Waals surface area contributed by atoms with E-state index in [4.69, 9.17) is 0 Å². The quantitative estimate of drug-likeness (QED) is 0.641. The molecule has 3 aromatic rings. The zero-order chi connectivity index (χ0) is 16.3.